The first-order chi connectivity index (χ1) is 23.6. The number of anilines is 1. The van der Waals surface area contributed by atoms with Gasteiger partial charge in [-0.05, 0) is 75.3 Å². The highest BCUT2D eigenvalue weighted by molar-refractivity contribution is 7.22. The first-order valence-corrected chi connectivity index (χ1v) is 16.6. The van der Waals surface area contributed by atoms with Gasteiger partial charge in [0.1, 0.15) is 16.5 Å². The third-order valence-corrected chi connectivity index (χ3v) is 9.16. The van der Waals surface area contributed by atoms with Crippen LogP contribution in [0, 0.1) is 18.6 Å². The molecule has 0 aliphatic rings. The van der Waals surface area contributed by atoms with E-state index in [4.69, 9.17) is 9.47 Å². The number of carbonyl (C=O) groups excluding carboxylic acids is 1. The van der Waals surface area contributed by atoms with Crippen LogP contribution in [0.1, 0.15) is 30.7 Å². The third kappa shape index (κ3) is 7.56. The molecule has 5 aromatic rings. The second-order valence-electron chi connectivity index (χ2n) is 11.3. The molecular formula is C35H38F2N6O5S. The maximum Gasteiger partial charge on any atom is 0.338 e. The largest absolute Gasteiger partial charge is 0.493 e. The molecule has 0 bridgehead atoms. The van der Waals surface area contributed by atoms with E-state index in [1.54, 1.807) is 43.3 Å². The Labute approximate surface area is 285 Å². The number of fused-ring (bicyclic) bond motifs is 1. The van der Waals surface area contributed by atoms with E-state index in [0.717, 1.165) is 16.7 Å². The summed E-state index contributed by atoms with van der Waals surface area (Å²) >= 11 is 1.17. The Bertz CT molecular complexity index is 2070. The highest BCUT2D eigenvalue weighted by Crippen LogP contribution is 2.39. The van der Waals surface area contributed by atoms with Crippen molar-refractivity contribution in [1.29, 1.82) is 0 Å². The van der Waals surface area contributed by atoms with E-state index in [2.05, 4.69) is 15.6 Å². The lowest BCUT2D eigenvalue weighted by molar-refractivity contribution is 0.120. The lowest BCUT2D eigenvalue weighted by Gasteiger charge is -2.18. The minimum atomic E-state index is -0.831. The molecule has 0 fully saturated rings. The maximum absolute atomic E-state index is 15.1. The summed E-state index contributed by atoms with van der Waals surface area (Å²) in [5, 5.41) is 5.66. The molecule has 0 saturated heterocycles. The lowest BCUT2D eigenvalue weighted by atomic mass is 10.1. The van der Waals surface area contributed by atoms with Crippen molar-refractivity contribution >= 4 is 33.3 Å². The molecule has 14 heteroatoms. The highest BCUT2D eigenvalue weighted by Gasteiger charge is 2.27. The Morgan fingerprint density at radius 1 is 1.02 bits per heavy atom. The zero-order valence-corrected chi connectivity index (χ0v) is 28.7. The van der Waals surface area contributed by atoms with Gasteiger partial charge in [-0.1, -0.05) is 18.2 Å². The molecule has 2 aromatic carbocycles. The van der Waals surface area contributed by atoms with Gasteiger partial charge in [-0.3, -0.25) is 14.3 Å². The van der Waals surface area contributed by atoms with E-state index in [9.17, 15) is 14.4 Å². The van der Waals surface area contributed by atoms with Crippen LogP contribution in [-0.2, 0) is 17.8 Å². The van der Waals surface area contributed by atoms with Crippen LogP contribution in [0.4, 0.5) is 19.3 Å². The molecule has 49 heavy (non-hydrogen) atoms. The van der Waals surface area contributed by atoms with E-state index >= 15 is 8.78 Å². The van der Waals surface area contributed by atoms with E-state index in [1.807, 2.05) is 25.8 Å². The van der Waals surface area contributed by atoms with Crippen LogP contribution < -0.4 is 26.6 Å². The van der Waals surface area contributed by atoms with Gasteiger partial charge in [0.15, 0.2) is 11.6 Å². The monoisotopic (exact) mass is 692 g/mol. The van der Waals surface area contributed by atoms with Crippen molar-refractivity contribution in [2.24, 2.45) is 0 Å². The molecule has 11 nitrogen and oxygen atoms in total. The summed E-state index contributed by atoms with van der Waals surface area (Å²) < 4.78 is 43.4. The van der Waals surface area contributed by atoms with Gasteiger partial charge in [0.2, 0.25) is 0 Å². The summed E-state index contributed by atoms with van der Waals surface area (Å²) in [4.78, 5) is 48.5. The van der Waals surface area contributed by atoms with Gasteiger partial charge in [0.05, 0.1) is 25.6 Å². The molecule has 0 unspecified atom stereocenters. The number of benzene rings is 2. The number of pyridine rings is 1. The zero-order valence-electron chi connectivity index (χ0n) is 27.9. The molecule has 5 rings (SSSR count). The SMILES string of the molecule is CCNC(=O)Nc1ccc(-c2sc3c(c2CN(C)CCOCC)c(=O)n(-c2nc(C)ccc2OC)c(=O)n3Cc2c(F)cccc2F)cc1. The van der Waals surface area contributed by atoms with Crippen LogP contribution in [0.15, 0.2) is 64.2 Å². The van der Waals surface area contributed by atoms with Gasteiger partial charge < -0.3 is 20.1 Å². The standard InChI is InChI=1S/C35H38F2N6O5S/c1-6-38-34(45)40-23-14-12-22(13-15-23)30-25(19-41(4)17-18-48-7-2)29-32(44)43(31-28(47-5)16-11-21(3)39-31)35(46)42(33(29)49-30)20-24-26(36)9-8-10-27(24)37/h8-16H,6-7,17-20H2,1-5H3,(H2,38,40,45). The maximum atomic E-state index is 15.1. The Morgan fingerprint density at radius 2 is 1.73 bits per heavy atom. The predicted octanol–water partition coefficient (Wildman–Crippen LogP) is 5.53. The number of halogens is 2. The van der Waals surface area contributed by atoms with Gasteiger partial charge in [0, 0.05) is 48.1 Å². The summed E-state index contributed by atoms with van der Waals surface area (Å²) in [5.41, 5.74) is 0.594. The quantitative estimate of drug-likeness (QED) is 0.156. The average Bonchev–Trinajstić information content (AvgIpc) is 3.44. The van der Waals surface area contributed by atoms with Crippen molar-refractivity contribution in [2.75, 3.05) is 45.8 Å². The van der Waals surface area contributed by atoms with E-state index in [0.29, 0.717) is 53.7 Å². The number of aromatic nitrogens is 3. The molecule has 0 radical (unpaired) electrons. The number of urea groups is 1. The number of rotatable bonds is 13. The van der Waals surface area contributed by atoms with Crippen molar-refractivity contribution in [3.8, 4) is 22.0 Å². The average molecular weight is 693 g/mol. The number of likely N-dealkylation sites (N-methyl/N-ethyl adjacent to an activating group) is 1. The fraction of sp³-hybridized carbons (Fsp3) is 0.314. The number of thiophene rings is 1. The summed E-state index contributed by atoms with van der Waals surface area (Å²) in [5.74, 6) is -1.51. The second kappa shape index (κ2) is 15.5. The molecule has 0 atom stereocenters. The van der Waals surface area contributed by atoms with E-state index < -0.39 is 29.4 Å². The van der Waals surface area contributed by atoms with Crippen LogP contribution in [0.2, 0.25) is 0 Å². The molecule has 2 N–H and O–H groups in total. The summed E-state index contributed by atoms with van der Waals surface area (Å²) in [6, 6.07) is 13.5. The number of aryl methyl sites for hydroxylation is 1. The number of hydrogen-bond acceptors (Lipinski definition) is 8. The van der Waals surface area contributed by atoms with Crippen molar-refractivity contribution in [3.63, 3.8) is 0 Å². The third-order valence-electron chi connectivity index (χ3n) is 7.85. The number of nitrogens with one attached hydrogen (secondary N) is 2. The van der Waals surface area contributed by atoms with Gasteiger partial charge in [0.25, 0.3) is 5.56 Å². The van der Waals surface area contributed by atoms with Crippen LogP contribution in [0.5, 0.6) is 5.75 Å². The number of carbonyl (C=O) groups is 1. The Morgan fingerprint density at radius 3 is 2.39 bits per heavy atom. The van der Waals surface area contributed by atoms with Crippen molar-refractivity contribution < 1.29 is 23.0 Å². The van der Waals surface area contributed by atoms with Crippen LogP contribution in [0.25, 0.3) is 26.5 Å². The van der Waals surface area contributed by atoms with E-state index in [-0.39, 0.29) is 39.9 Å². The Kier molecular flexibility index (Phi) is 11.2. The fourth-order valence-electron chi connectivity index (χ4n) is 5.42. The highest BCUT2D eigenvalue weighted by atomic mass is 32.1. The number of ether oxygens (including phenoxy) is 2. The van der Waals surface area contributed by atoms with Gasteiger partial charge in [-0.15, -0.1) is 11.3 Å². The molecule has 0 aliphatic carbocycles. The van der Waals surface area contributed by atoms with Crippen molar-refractivity contribution in [1.82, 2.24) is 24.3 Å². The van der Waals surface area contributed by atoms with Crippen molar-refractivity contribution in [3.05, 3.63) is 104 Å². The number of amides is 2. The fourth-order valence-corrected chi connectivity index (χ4v) is 6.73. The predicted molar refractivity (Wildman–Crippen MR) is 187 cm³/mol. The van der Waals surface area contributed by atoms with Crippen LogP contribution in [0.3, 0.4) is 0 Å². The minimum absolute atomic E-state index is 0.0358. The molecule has 0 aliphatic heterocycles. The molecule has 258 valence electrons. The first kappa shape index (κ1) is 35.4. The molecule has 3 heterocycles. The Hall–Kier alpha value is -4.92. The normalized spacial score (nSPS) is 11.3. The lowest BCUT2D eigenvalue weighted by Crippen LogP contribution is -2.40. The molecule has 2 amide bonds. The van der Waals surface area contributed by atoms with Gasteiger partial charge in [-0.2, -0.15) is 0 Å². The number of nitrogens with zero attached hydrogens (tertiary/aromatic N) is 4. The summed E-state index contributed by atoms with van der Waals surface area (Å²) in [6.07, 6.45) is 0. The first-order valence-electron chi connectivity index (χ1n) is 15.8. The van der Waals surface area contributed by atoms with Crippen molar-refractivity contribution in [2.45, 2.75) is 33.9 Å². The summed E-state index contributed by atoms with van der Waals surface area (Å²) in [7, 11) is 3.29. The zero-order chi connectivity index (χ0) is 35.2. The minimum Gasteiger partial charge on any atom is -0.493 e. The number of hydrogen-bond donors (Lipinski definition) is 2. The van der Waals surface area contributed by atoms with Crippen LogP contribution in [-0.4, -0.2) is 65.5 Å². The Balaban J connectivity index is 1.82. The molecule has 0 saturated carbocycles. The second-order valence-corrected chi connectivity index (χ2v) is 12.3. The molecule has 3 aromatic heterocycles. The molecule has 0 spiro atoms. The van der Waals surface area contributed by atoms with E-state index in [1.165, 1.54) is 29.1 Å². The number of methoxy groups -OCH3 is 1. The smallest absolute Gasteiger partial charge is 0.338 e. The molecular weight excluding hydrogens is 654 g/mol. The summed E-state index contributed by atoms with van der Waals surface area (Å²) in [6.45, 7) is 7.23. The van der Waals surface area contributed by atoms with Gasteiger partial charge in [-0.25, -0.2) is 27.9 Å². The van der Waals surface area contributed by atoms with Crippen LogP contribution >= 0.6 is 11.3 Å². The van der Waals surface area contributed by atoms with Gasteiger partial charge >= 0.3 is 11.7 Å². The topological polar surface area (TPSA) is 120 Å².